The molecule has 0 saturated heterocycles. The van der Waals surface area contributed by atoms with Gasteiger partial charge in [-0.2, -0.15) is 5.26 Å². The molecule has 0 fully saturated rings. The van der Waals surface area contributed by atoms with Crippen molar-refractivity contribution in [3.05, 3.63) is 29.6 Å². The first-order valence-electron chi connectivity index (χ1n) is 4.72. The maximum atomic E-state index is 11.3. The molecule has 0 radical (unpaired) electrons. The van der Waals surface area contributed by atoms with Crippen LogP contribution in [0.1, 0.15) is 18.1 Å². The number of pyridine rings is 1. The predicted molar refractivity (Wildman–Crippen MR) is 55.6 cm³/mol. The van der Waals surface area contributed by atoms with Crippen LogP contribution in [0.3, 0.4) is 0 Å². The number of hydrogen-bond acceptors (Lipinski definition) is 3. The van der Waals surface area contributed by atoms with Crippen LogP contribution in [0.25, 0.3) is 0 Å². The maximum absolute atomic E-state index is 11.3. The summed E-state index contributed by atoms with van der Waals surface area (Å²) in [6.07, 6.45) is 3.42. The lowest BCUT2D eigenvalue weighted by Gasteiger charge is -2.07. The average Bonchev–Trinajstić information content (AvgIpc) is 2.26. The Bertz CT molecular complexity index is 395. The Morgan fingerprint density at radius 3 is 3.07 bits per heavy atom. The lowest BCUT2D eigenvalue weighted by atomic mass is 10.1. The van der Waals surface area contributed by atoms with Crippen molar-refractivity contribution in [2.75, 3.05) is 0 Å². The number of carbonyl (C=O) groups is 1. The van der Waals surface area contributed by atoms with E-state index < -0.39 is 5.92 Å². The molecule has 0 saturated carbocycles. The number of aromatic nitrogens is 1. The van der Waals surface area contributed by atoms with Crippen LogP contribution in [-0.2, 0) is 11.3 Å². The Morgan fingerprint density at radius 2 is 2.47 bits per heavy atom. The van der Waals surface area contributed by atoms with E-state index in [2.05, 4.69) is 10.3 Å². The molecule has 1 atom stereocenters. The number of nitrogens with zero attached hydrogens (tertiary/aromatic N) is 2. The fourth-order valence-corrected chi connectivity index (χ4v) is 1.08. The molecule has 1 aromatic heterocycles. The zero-order valence-electron chi connectivity index (χ0n) is 8.82. The Balaban J connectivity index is 2.55. The summed E-state index contributed by atoms with van der Waals surface area (Å²) >= 11 is 0. The third-order valence-electron chi connectivity index (χ3n) is 2.19. The van der Waals surface area contributed by atoms with Gasteiger partial charge in [-0.05, 0) is 31.0 Å². The van der Waals surface area contributed by atoms with Crippen molar-refractivity contribution in [1.29, 1.82) is 5.26 Å². The lowest BCUT2D eigenvalue weighted by Crippen LogP contribution is -2.28. The molecule has 15 heavy (non-hydrogen) atoms. The van der Waals surface area contributed by atoms with Gasteiger partial charge in [0, 0.05) is 18.9 Å². The molecule has 0 aliphatic carbocycles. The van der Waals surface area contributed by atoms with Crippen molar-refractivity contribution in [3.8, 4) is 6.07 Å². The molecule has 1 rings (SSSR count). The molecule has 1 amide bonds. The highest BCUT2D eigenvalue weighted by Crippen LogP contribution is 2.04. The number of aryl methyl sites for hydroxylation is 1. The minimum atomic E-state index is -0.609. The Kier molecular flexibility index (Phi) is 3.81. The number of amides is 1. The summed E-state index contributed by atoms with van der Waals surface area (Å²) in [5, 5.41) is 11.2. The lowest BCUT2D eigenvalue weighted by molar-refractivity contribution is -0.123. The van der Waals surface area contributed by atoms with Gasteiger partial charge < -0.3 is 5.32 Å². The maximum Gasteiger partial charge on any atom is 0.237 e. The third-order valence-corrected chi connectivity index (χ3v) is 2.19. The van der Waals surface area contributed by atoms with Crippen LogP contribution in [0.5, 0.6) is 0 Å². The highest BCUT2D eigenvalue weighted by Gasteiger charge is 2.10. The van der Waals surface area contributed by atoms with Crippen LogP contribution in [0, 0.1) is 24.2 Å². The molecule has 0 aliphatic heterocycles. The molecule has 4 heteroatoms. The molecule has 1 aromatic rings. The van der Waals surface area contributed by atoms with E-state index in [0.717, 1.165) is 11.1 Å². The van der Waals surface area contributed by atoms with E-state index in [0.29, 0.717) is 6.54 Å². The summed E-state index contributed by atoms with van der Waals surface area (Å²) in [4.78, 5) is 15.3. The largest absolute Gasteiger partial charge is 0.351 e. The summed E-state index contributed by atoms with van der Waals surface area (Å²) in [7, 11) is 0. The average molecular weight is 203 g/mol. The van der Waals surface area contributed by atoms with Crippen molar-refractivity contribution in [3.63, 3.8) is 0 Å². The normalized spacial score (nSPS) is 11.5. The van der Waals surface area contributed by atoms with E-state index in [9.17, 15) is 4.79 Å². The fraction of sp³-hybridized carbons (Fsp3) is 0.364. The highest BCUT2D eigenvalue weighted by molar-refractivity contribution is 5.80. The van der Waals surface area contributed by atoms with Crippen molar-refractivity contribution in [1.82, 2.24) is 10.3 Å². The molecule has 0 aromatic carbocycles. The summed E-state index contributed by atoms with van der Waals surface area (Å²) in [6.45, 7) is 3.95. The second-order valence-corrected chi connectivity index (χ2v) is 3.37. The fourth-order valence-electron chi connectivity index (χ4n) is 1.08. The number of rotatable bonds is 3. The summed E-state index contributed by atoms with van der Waals surface area (Å²) in [6, 6.07) is 3.77. The van der Waals surface area contributed by atoms with Crippen molar-refractivity contribution < 1.29 is 4.79 Å². The SMILES string of the molecule is Cc1ccncc1CNC(=O)C(C)C#N. The number of hydrogen-bond donors (Lipinski definition) is 1. The quantitative estimate of drug-likeness (QED) is 0.801. The van der Waals surface area contributed by atoms with Gasteiger partial charge in [0.05, 0.1) is 6.07 Å². The molecule has 0 bridgehead atoms. The summed E-state index contributed by atoms with van der Waals surface area (Å²) < 4.78 is 0. The zero-order chi connectivity index (χ0) is 11.3. The van der Waals surface area contributed by atoms with Gasteiger partial charge in [-0.1, -0.05) is 0 Å². The molecule has 1 N–H and O–H groups in total. The van der Waals surface area contributed by atoms with Crippen LogP contribution in [-0.4, -0.2) is 10.9 Å². The van der Waals surface area contributed by atoms with Gasteiger partial charge in [0.15, 0.2) is 0 Å². The van der Waals surface area contributed by atoms with Crippen LogP contribution < -0.4 is 5.32 Å². The van der Waals surface area contributed by atoms with Gasteiger partial charge in [0.1, 0.15) is 5.92 Å². The van der Waals surface area contributed by atoms with E-state index >= 15 is 0 Å². The van der Waals surface area contributed by atoms with Crippen LogP contribution >= 0.6 is 0 Å². The van der Waals surface area contributed by atoms with Crippen molar-refractivity contribution in [2.24, 2.45) is 5.92 Å². The van der Waals surface area contributed by atoms with E-state index in [1.165, 1.54) is 0 Å². The monoisotopic (exact) mass is 203 g/mol. The van der Waals surface area contributed by atoms with E-state index in [4.69, 9.17) is 5.26 Å². The molecular weight excluding hydrogens is 190 g/mol. The molecule has 1 heterocycles. The van der Waals surface area contributed by atoms with Crippen molar-refractivity contribution >= 4 is 5.91 Å². The molecule has 0 spiro atoms. The molecule has 0 aliphatic rings. The first-order valence-corrected chi connectivity index (χ1v) is 4.72. The first kappa shape index (κ1) is 11.2. The minimum absolute atomic E-state index is 0.249. The van der Waals surface area contributed by atoms with Gasteiger partial charge in [0.25, 0.3) is 0 Å². The van der Waals surface area contributed by atoms with Gasteiger partial charge in [-0.25, -0.2) is 0 Å². The van der Waals surface area contributed by atoms with Crippen molar-refractivity contribution in [2.45, 2.75) is 20.4 Å². The van der Waals surface area contributed by atoms with Crippen LogP contribution in [0.2, 0.25) is 0 Å². The second-order valence-electron chi connectivity index (χ2n) is 3.37. The second kappa shape index (κ2) is 5.11. The highest BCUT2D eigenvalue weighted by atomic mass is 16.1. The Labute approximate surface area is 88.9 Å². The topological polar surface area (TPSA) is 65.8 Å². The van der Waals surface area contributed by atoms with Gasteiger partial charge in [0.2, 0.25) is 5.91 Å². The first-order chi connectivity index (χ1) is 7.15. The summed E-state index contributed by atoms with van der Waals surface area (Å²) in [5.74, 6) is -0.859. The molecule has 1 unspecified atom stereocenters. The molecular formula is C11H13N3O. The Hall–Kier alpha value is -1.89. The van der Waals surface area contributed by atoms with Gasteiger partial charge in [-0.15, -0.1) is 0 Å². The van der Waals surface area contributed by atoms with Gasteiger partial charge in [-0.3, -0.25) is 9.78 Å². The number of carbonyl (C=O) groups excluding carboxylic acids is 1. The number of nitrogens with one attached hydrogen (secondary N) is 1. The molecule has 4 nitrogen and oxygen atoms in total. The van der Waals surface area contributed by atoms with E-state index in [1.54, 1.807) is 19.3 Å². The van der Waals surface area contributed by atoms with E-state index in [-0.39, 0.29) is 5.91 Å². The standard InChI is InChI=1S/C11H13N3O/c1-8-3-4-13-6-10(8)7-14-11(15)9(2)5-12/h3-4,6,9H,7H2,1-2H3,(H,14,15). The van der Waals surface area contributed by atoms with Crippen LogP contribution in [0.4, 0.5) is 0 Å². The Morgan fingerprint density at radius 1 is 1.73 bits per heavy atom. The van der Waals surface area contributed by atoms with Crippen LogP contribution in [0.15, 0.2) is 18.5 Å². The van der Waals surface area contributed by atoms with Gasteiger partial charge >= 0.3 is 0 Å². The molecule has 78 valence electrons. The summed E-state index contributed by atoms with van der Waals surface area (Å²) in [5.41, 5.74) is 2.05. The predicted octanol–water partition coefficient (Wildman–Crippen LogP) is 1.17. The minimum Gasteiger partial charge on any atom is -0.351 e. The smallest absolute Gasteiger partial charge is 0.237 e. The van der Waals surface area contributed by atoms with E-state index in [1.807, 2.05) is 19.1 Å². The zero-order valence-corrected chi connectivity index (χ0v) is 8.82. The number of nitriles is 1. The third kappa shape index (κ3) is 3.06.